The Bertz CT molecular complexity index is 467. The van der Waals surface area contributed by atoms with E-state index in [4.69, 9.17) is 5.11 Å². The van der Waals surface area contributed by atoms with Crippen LogP contribution in [0, 0.1) is 0 Å². The molecular weight excluding hydrogens is 232 g/mol. The van der Waals surface area contributed by atoms with Crippen LogP contribution in [-0.4, -0.2) is 40.1 Å². The maximum atomic E-state index is 12.3. The van der Waals surface area contributed by atoms with E-state index in [0.717, 1.165) is 19.3 Å². The van der Waals surface area contributed by atoms with Gasteiger partial charge in [0.05, 0.1) is 0 Å². The third kappa shape index (κ3) is 2.79. The Hall–Kier alpha value is -1.62. The molecule has 2 N–H and O–H groups in total. The van der Waals surface area contributed by atoms with Gasteiger partial charge in [0.15, 0.2) is 0 Å². The molecule has 1 aliphatic heterocycles. The number of aliphatic hydroxyl groups excluding tert-OH is 1. The molecule has 1 unspecified atom stereocenters. The summed E-state index contributed by atoms with van der Waals surface area (Å²) in [7, 11) is 0. The number of aromatic amines is 1. The summed E-state index contributed by atoms with van der Waals surface area (Å²) < 4.78 is 0. The van der Waals surface area contributed by atoms with Crippen molar-refractivity contribution in [2.24, 2.45) is 0 Å². The third-order valence-corrected chi connectivity index (χ3v) is 3.37. The van der Waals surface area contributed by atoms with Gasteiger partial charge >= 0.3 is 0 Å². The number of nitrogens with one attached hydrogen (secondary N) is 1. The van der Waals surface area contributed by atoms with Gasteiger partial charge in [0.1, 0.15) is 0 Å². The minimum atomic E-state index is -0.267. The van der Waals surface area contributed by atoms with Crippen LogP contribution in [0.25, 0.3) is 0 Å². The summed E-state index contributed by atoms with van der Waals surface area (Å²) in [6.45, 7) is 0.792. The van der Waals surface area contributed by atoms with Crippen molar-refractivity contribution in [3.05, 3.63) is 34.2 Å². The lowest BCUT2D eigenvalue weighted by molar-refractivity contribution is 0.0574. The molecule has 18 heavy (non-hydrogen) atoms. The van der Waals surface area contributed by atoms with Gasteiger partial charge in [-0.1, -0.05) is 0 Å². The van der Waals surface area contributed by atoms with E-state index in [1.165, 1.54) is 12.3 Å². The molecule has 1 aromatic heterocycles. The first-order valence-corrected chi connectivity index (χ1v) is 6.33. The van der Waals surface area contributed by atoms with E-state index < -0.39 is 0 Å². The zero-order valence-corrected chi connectivity index (χ0v) is 10.3. The fraction of sp³-hybridized carbons (Fsp3) is 0.538. The Balaban J connectivity index is 2.18. The largest absolute Gasteiger partial charge is 0.396 e. The molecule has 1 aliphatic rings. The van der Waals surface area contributed by atoms with Crippen molar-refractivity contribution in [1.82, 2.24) is 9.88 Å². The normalized spacial score (nSPS) is 19.8. The molecule has 1 fully saturated rings. The number of likely N-dealkylation sites (tertiary alicyclic amines) is 1. The van der Waals surface area contributed by atoms with E-state index in [1.54, 1.807) is 11.0 Å². The molecule has 0 saturated carbocycles. The lowest BCUT2D eigenvalue weighted by Gasteiger charge is -2.35. The Morgan fingerprint density at radius 3 is 3.06 bits per heavy atom. The maximum absolute atomic E-state index is 12.3. The molecule has 1 aromatic rings. The summed E-state index contributed by atoms with van der Waals surface area (Å²) in [6, 6.07) is 3.04. The fourth-order valence-corrected chi connectivity index (χ4v) is 2.46. The second-order valence-electron chi connectivity index (χ2n) is 4.60. The molecule has 1 amide bonds. The van der Waals surface area contributed by atoms with Crippen LogP contribution in [0.1, 0.15) is 36.0 Å². The number of hydrogen-bond acceptors (Lipinski definition) is 3. The number of aromatic nitrogens is 1. The van der Waals surface area contributed by atoms with Crippen molar-refractivity contribution in [3.8, 4) is 0 Å². The topological polar surface area (TPSA) is 73.4 Å². The van der Waals surface area contributed by atoms with Crippen molar-refractivity contribution in [2.45, 2.75) is 31.7 Å². The Labute approximate surface area is 105 Å². The minimum Gasteiger partial charge on any atom is -0.396 e. The van der Waals surface area contributed by atoms with Crippen LogP contribution in [0.3, 0.4) is 0 Å². The van der Waals surface area contributed by atoms with Crippen LogP contribution < -0.4 is 5.56 Å². The zero-order chi connectivity index (χ0) is 13.0. The monoisotopic (exact) mass is 250 g/mol. The molecule has 2 heterocycles. The summed E-state index contributed by atoms with van der Waals surface area (Å²) in [6.07, 6.45) is 5.09. The predicted molar refractivity (Wildman–Crippen MR) is 67.4 cm³/mol. The highest BCUT2D eigenvalue weighted by atomic mass is 16.3. The smallest absolute Gasteiger partial charge is 0.254 e. The van der Waals surface area contributed by atoms with Gasteiger partial charge < -0.3 is 15.0 Å². The summed E-state index contributed by atoms with van der Waals surface area (Å²) in [5.74, 6) is -0.112. The Kier molecular flexibility index (Phi) is 4.15. The van der Waals surface area contributed by atoms with Crippen LogP contribution in [0.5, 0.6) is 0 Å². The quantitative estimate of drug-likeness (QED) is 0.831. The number of carbonyl (C=O) groups is 1. The first-order valence-electron chi connectivity index (χ1n) is 6.33. The highest BCUT2D eigenvalue weighted by Gasteiger charge is 2.26. The van der Waals surface area contributed by atoms with E-state index in [-0.39, 0.29) is 24.1 Å². The lowest BCUT2D eigenvalue weighted by Crippen LogP contribution is -2.44. The minimum absolute atomic E-state index is 0.0871. The van der Waals surface area contributed by atoms with Gasteiger partial charge in [0.25, 0.3) is 5.91 Å². The Morgan fingerprint density at radius 2 is 2.33 bits per heavy atom. The molecule has 2 rings (SSSR count). The average molecular weight is 250 g/mol. The number of nitrogens with zero attached hydrogens (tertiary/aromatic N) is 1. The molecule has 1 atom stereocenters. The molecule has 0 bridgehead atoms. The molecule has 0 spiro atoms. The van der Waals surface area contributed by atoms with Crippen molar-refractivity contribution >= 4 is 5.91 Å². The summed E-state index contributed by atoms with van der Waals surface area (Å²) in [4.78, 5) is 27.8. The van der Waals surface area contributed by atoms with Crippen molar-refractivity contribution in [3.63, 3.8) is 0 Å². The van der Waals surface area contributed by atoms with E-state index in [2.05, 4.69) is 4.98 Å². The van der Waals surface area contributed by atoms with E-state index >= 15 is 0 Å². The van der Waals surface area contributed by atoms with Gasteiger partial charge in [-0.05, 0) is 31.7 Å². The number of amides is 1. The predicted octanol–water partition coefficient (Wildman–Crippen LogP) is 0.752. The number of pyridine rings is 1. The Morgan fingerprint density at radius 1 is 1.50 bits per heavy atom. The molecular formula is C13H18N2O3. The molecule has 98 valence electrons. The van der Waals surface area contributed by atoms with Crippen LogP contribution in [0.15, 0.2) is 23.1 Å². The molecule has 0 aromatic carbocycles. The second-order valence-corrected chi connectivity index (χ2v) is 4.60. The number of piperidine rings is 1. The van der Waals surface area contributed by atoms with Crippen LogP contribution >= 0.6 is 0 Å². The first-order chi connectivity index (χ1) is 8.72. The van der Waals surface area contributed by atoms with Gasteiger partial charge in [-0.25, -0.2) is 0 Å². The fourth-order valence-electron chi connectivity index (χ4n) is 2.46. The molecule has 0 radical (unpaired) electrons. The van der Waals surface area contributed by atoms with Crippen LogP contribution in [0.2, 0.25) is 0 Å². The maximum Gasteiger partial charge on any atom is 0.254 e. The number of rotatable bonds is 3. The molecule has 5 nitrogen and oxygen atoms in total. The van der Waals surface area contributed by atoms with Gasteiger partial charge in [-0.3, -0.25) is 9.59 Å². The molecule has 0 aliphatic carbocycles. The van der Waals surface area contributed by atoms with Gasteiger partial charge in [-0.2, -0.15) is 0 Å². The van der Waals surface area contributed by atoms with E-state index in [1.807, 2.05) is 0 Å². The number of aliphatic hydroxyl groups is 1. The molecule has 5 heteroatoms. The number of H-pyrrole nitrogens is 1. The SMILES string of the molecule is O=C(c1cc[nH]c(=O)c1)N1CCCCC1CCO. The number of carbonyl (C=O) groups excluding carboxylic acids is 1. The highest BCUT2D eigenvalue weighted by Crippen LogP contribution is 2.21. The van der Waals surface area contributed by atoms with E-state index in [0.29, 0.717) is 18.5 Å². The lowest BCUT2D eigenvalue weighted by atomic mass is 9.98. The van der Waals surface area contributed by atoms with Gasteiger partial charge in [0, 0.05) is 37.0 Å². The highest BCUT2D eigenvalue weighted by molar-refractivity contribution is 5.94. The van der Waals surface area contributed by atoms with Crippen molar-refractivity contribution in [2.75, 3.05) is 13.2 Å². The van der Waals surface area contributed by atoms with Gasteiger partial charge in [-0.15, -0.1) is 0 Å². The summed E-state index contributed by atoms with van der Waals surface area (Å²) >= 11 is 0. The third-order valence-electron chi connectivity index (χ3n) is 3.37. The van der Waals surface area contributed by atoms with Crippen LogP contribution in [-0.2, 0) is 0 Å². The van der Waals surface area contributed by atoms with E-state index in [9.17, 15) is 9.59 Å². The second kappa shape index (κ2) is 5.82. The molecule has 1 saturated heterocycles. The standard InChI is InChI=1S/C13H18N2O3/c16-8-5-11-3-1-2-7-15(11)13(18)10-4-6-14-12(17)9-10/h4,6,9,11,16H,1-3,5,7-8H2,(H,14,17). The zero-order valence-electron chi connectivity index (χ0n) is 10.3. The van der Waals surface area contributed by atoms with Crippen LogP contribution in [0.4, 0.5) is 0 Å². The summed E-state index contributed by atoms with van der Waals surface area (Å²) in [5, 5.41) is 9.04. The van der Waals surface area contributed by atoms with Crippen molar-refractivity contribution in [1.29, 1.82) is 0 Å². The van der Waals surface area contributed by atoms with Crippen molar-refractivity contribution < 1.29 is 9.90 Å². The van der Waals surface area contributed by atoms with Gasteiger partial charge in [0.2, 0.25) is 5.56 Å². The average Bonchev–Trinajstić information content (AvgIpc) is 2.39. The first kappa shape index (κ1) is 12.8. The number of hydrogen-bond donors (Lipinski definition) is 2. The summed E-state index contributed by atoms with van der Waals surface area (Å²) in [5.41, 5.74) is 0.153.